The van der Waals surface area contributed by atoms with E-state index in [-0.39, 0.29) is 23.6 Å². The molecule has 0 unspecified atom stereocenters. The van der Waals surface area contributed by atoms with Gasteiger partial charge in [0.25, 0.3) is 11.8 Å². The molecule has 0 atom stereocenters. The Kier molecular flexibility index (Phi) is 6.85. The molecule has 3 rings (SSSR count). The number of carbonyl (C=O) groups is 2. The second kappa shape index (κ2) is 9.53. The molecular weight excluding hydrogens is 354 g/mol. The van der Waals surface area contributed by atoms with Crippen LogP contribution in [0, 0.1) is 5.92 Å². The molecule has 1 saturated carbocycles. The van der Waals surface area contributed by atoms with Gasteiger partial charge in [0, 0.05) is 24.2 Å². The minimum atomic E-state index is -0.248. The number of rotatable bonds is 7. The predicted octanol–water partition coefficient (Wildman–Crippen LogP) is 4.04. The largest absolute Gasteiger partial charge is 0.359 e. The van der Waals surface area contributed by atoms with Gasteiger partial charge in [0.1, 0.15) is 0 Å². The fraction of sp³-hybridized carbons (Fsp3) is 0.500. The summed E-state index contributed by atoms with van der Waals surface area (Å²) in [6, 6.07) is 11.1. The SMILES string of the molecule is CC(C)CNC(=O)c1cc(CN(C(=O)c2ccccc2)C2CCCCC2)on1. The Balaban J connectivity index is 1.74. The summed E-state index contributed by atoms with van der Waals surface area (Å²) >= 11 is 0. The van der Waals surface area contributed by atoms with Crippen LogP contribution in [0.25, 0.3) is 0 Å². The van der Waals surface area contributed by atoms with Gasteiger partial charge in [-0.25, -0.2) is 0 Å². The first-order chi connectivity index (χ1) is 13.5. The Bertz CT molecular complexity index is 779. The Morgan fingerprint density at radius 3 is 2.57 bits per heavy atom. The highest BCUT2D eigenvalue weighted by Crippen LogP contribution is 2.26. The molecular formula is C22H29N3O3. The van der Waals surface area contributed by atoms with E-state index in [1.807, 2.05) is 49.1 Å². The van der Waals surface area contributed by atoms with Crippen molar-refractivity contribution in [2.24, 2.45) is 5.92 Å². The van der Waals surface area contributed by atoms with E-state index in [1.54, 1.807) is 6.07 Å². The standard InChI is InChI=1S/C22H29N3O3/c1-16(2)14-23-21(26)20-13-19(28-24-20)15-25(18-11-7-4-8-12-18)22(27)17-9-5-3-6-10-17/h3,5-6,9-10,13,16,18H,4,7-8,11-12,14-15H2,1-2H3,(H,23,26). The molecule has 2 amide bonds. The van der Waals surface area contributed by atoms with Crippen molar-refractivity contribution in [1.82, 2.24) is 15.4 Å². The number of hydrogen-bond donors (Lipinski definition) is 1. The van der Waals surface area contributed by atoms with E-state index in [0.717, 1.165) is 25.7 Å². The molecule has 1 aliphatic carbocycles. The second-order valence-corrected chi connectivity index (χ2v) is 7.87. The quantitative estimate of drug-likeness (QED) is 0.783. The first-order valence-electron chi connectivity index (χ1n) is 10.1. The maximum Gasteiger partial charge on any atom is 0.273 e. The summed E-state index contributed by atoms with van der Waals surface area (Å²) in [6.45, 7) is 4.97. The molecule has 6 nitrogen and oxygen atoms in total. The first kappa shape index (κ1) is 20.1. The fourth-order valence-corrected chi connectivity index (χ4v) is 3.56. The third-order valence-electron chi connectivity index (χ3n) is 5.09. The normalized spacial score (nSPS) is 14.8. The van der Waals surface area contributed by atoms with Gasteiger partial charge in [-0.15, -0.1) is 0 Å². The Morgan fingerprint density at radius 1 is 1.18 bits per heavy atom. The van der Waals surface area contributed by atoms with Gasteiger partial charge < -0.3 is 14.7 Å². The molecule has 150 valence electrons. The minimum Gasteiger partial charge on any atom is -0.359 e. The monoisotopic (exact) mass is 383 g/mol. The number of nitrogens with zero attached hydrogens (tertiary/aromatic N) is 2. The molecule has 0 aliphatic heterocycles. The highest BCUT2D eigenvalue weighted by Gasteiger charge is 2.28. The lowest BCUT2D eigenvalue weighted by atomic mass is 9.93. The summed E-state index contributed by atoms with van der Waals surface area (Å²) in [7, 11) is 0. The maximum absolute atomic E-state index is 13.2. The van der Waals surface area contributed by atoms with Gasteiger partial charge in [-0.05, 0) is 30.9 Å². The smallest absolute Gasteiger partial charge is 0.273 e. The van der Waals surface area contributed by atoms with Gasteiger partial charge in [-0.3, -0.25) is 9.59 Å². The number of aromatic nitrogens is 1. The van der Waals surface area contributed by atoms with Gasteiger partial charge in [-0.2, -0.15) is 0 Å². The van der Waals surface area contributed by atoms with E-state index in [0.29, 0.717) is 30.3 Å². The summed E-state index contributed by atoms with van der Waals surface area (Å²) in [5.74, 6) is 0.641. The van der Waals surface area contributed by atoms with Gasteiger partial charge >= 0.3 is 0 Å². The van der Waals surface area contributed by atoms with Crippen LogP contribution in [0.2, 0.25) is 0 Å². The van der Waals surface area contributed by atoms with Gasteiger partial charge in [-0.1, -0.05) is 56.5 Å². The van der Waals surface area contributed by atoms with E-state index >= 15 is 0 Å². The topological polar surface area (TPSA) is 75.4 Å². The van der Waals surface area contributed by atoms with Crippen molar-refractivity contribution in [1.29, 1.82) is 0 Å². The lowest BCUT2D eigenvalue weighted by Crippen LogP contribution is -2.40. The summed E-state index contributed by atoms with van der Waals surface area (Å²) in [6.07, 6.45) is 5.46. The zero-order valence-electron chi connectivity index (χ0n) is 16.7. The van der Waals surface area contributed by atoms with E-state index in [9.17, 15) is 9.59 Å². The molecule has 1 heterocycles. The Labute approximate surface area is 166 Å². The van der Waals surface area contributed by atoms with E-state index in [4.69, 9.17) is 4.52 Å². The van der Waals surface area contributed by atoms with E-state index in [2.05, 4.69) is 10.5 Å². The van der Waals surface area contributed by atoms with Gasteiger partial charge in [0.05, 0.1) is 6.54 Å². The molecule has 1 aliphatic rings. The number of hydrogen-bond acceptors (Lipinski definition) is 4. The molecule has 2 aromatic rings. The van der Waals surface area contributed by atoms with E-state index in [1.165, 1.54) is 6.42 Å². The molecule has 0 bridgehead atoms. The zero-order valence-corrected chi connectivity index (χ0v) is 16.7. The minimum absolute atomic E-state index is 0.00490. The number of carbonyl (C=O) groups excluding carboxylic acids is 2. The molecule has 0 radical (unpaired) electrons. The van der Waals surface area contributed by atoms with Crippen molar-refractivity contribution in [3.05, 3.63) is 53.4 Å². The molecule has 28 heavy (non-hydrogen) atoms. The van der Waals surface area contributed by atoms with Crippen LogP contribution in [0.5, 0.6) is 0 Å². The predicted molar refractivity (Wildman–Crippen MR) is 107 cm³/mol. The molecule has 1 fully saturated rings. The maximum atomic E-state index is 13.2. The number of benzene rings is 1. The average Bonchev–Trinajstić information content (AvgIpc) is 3.20. The third-order valence-corrected chi connectivity index (χ3v) is 5.09. The van der Waals surface area contributed by atoms with Crippen LogP contribution in [-0.4, -0.2) is 34.5 Å². The van der Waals surface area contributed by atoms with Crippen LogP contribution in [0.4, 0.5) is 0 Å². The van der Waals surface area contributed by atoms with Crippen LogP contribution in [0.3, 0.4) is 0 Å². The van der Waals surface area contributed by atoms with Crippen molar-refractivity contribution >= 4 is 11.8 Å². The van der Waals surface area contributed by atoms with Crippen molar-refractivity contribution in [3.63, 3.8) is 0 Å². The first-order valence-corrected chi connectivity index (χ1v) is 10.1. The highest BCUT2D eigenvalue weighted by molar-refractivity contribution is 5.94. The van der Waals surface area contributed by atoms with Crippen LogP contribution in [0.1, 0.15) is 72.6 Å². The highest BCUT2D eigenvalue weighted by atomic mass is 16.5. The molecule has 6 heteroatoms. The van der Waals surface area contributed by atoms with E-state index < -0.39 is 0 Å². The summed E-state index contributed by atoms with van der Waals surface area (Å²) in [5, 5.41) is 6.73. The fourth-order valence-electron chi connectivity index (χ4n) is 3.56. The van der Waals surface area contributed by atoms with Crippen molar-refractivity contribution in [2.75, 3.05) is 6.54 Å². The van der Waals surface area contributed by atoms with Gasteiger partial charge in [0.15, 0.2) is 11.5 Å². The average molecular weight is 383 g/mol. The Morgan fingerprint density at radius 2 is 1.89 bits per heavy atom. The third kappa shape index (κ3) is 5.21. The molecule has 0 spiro atoms. The zero-order chi connectivity index (χ0) is 19.9. The van der Waals surface area contributed by atoms with Crippen LogP contribution in [0.15, 0.2) is 40.9 Å². The summed E-state index contributed by atoms with van der Waals surface area (Å²) < 4.78 is 5.40. The summed E-state index contributed by atoms with van der Waals surface area (Å²) in [5.41, 5.74) is 0.925. The Hall–Kier alpha value is -2.63. The molecule has 1 aromatic carbocycles. The van der Waals surface area contributed by atoms with Crippen LogP contribution in [-0.2, 0) is 6.54 Å². The van der Waals surface area contributed by atoms with Crippen LogP contribution < -0.4 is 5.32 Å². The number of nitrogens with one attached hydrogen (secondary N) is 1. The van der Waals surface area contributed by atoms with Gasteiger partial charge in [0.2, 0.25) is 0 Å². The molecule has 1 aromatic heterocycles. The second-order valence-electron chi connectivity index (χ2n) is 7.87. The lowest BCUT2D eigenvalue weighted by molar-refractivity contribution is 0.0590. The number of amides is 2. The molecule has 1 N–H and O–H groups in total. The van der Waals surface area contributed by atoms with Crippen molar-refractivity contribution in [3.8, 4) is 0 Å². The summed E-state index contributed by atoms with van der Waals surface area (Å²) in [4.78, 5) is 27.2. The van der Waals surface area contributed by atoms with Crippen molar-refractivity contribution in [2.45, 2.75) is 58.5 Å². The lowest BCUT2D eigenvalue weighted by Gasteiger charge is -2.33. The molecule has 0 saturated heterocycles. The van der Waals surface area contributed by atoms with Crippen LogP contribution >= 0.6 is 0 Å². The van der Waals surface area contributed by atoms with Crippen molar-refractivity contribution < 1.29 is 14.1 Å².